The van der Waals surface area contributed by atoms with Crippen molar-refractivity contribution in [2.75, 3.05) is 26.2 Å². The predicted octanol–water partition coefficient (Wildman–Crippen LogP) is 0.941. The molecule has 4 rings (SSSR count). The third kappa shape index (κ3) is 3.32. The number of rotatable bonds is 5. The molecule has 140 valence electrons. The Morgan fingerprint density at radius 2 is 1.96 bits per heavy atom. The number of piperidine rings is 1. The van der Waals surface area contributed by atoms with Gasteiger partial charge in [-0.2, -0.15) is 0 Å². The van der Waals surface area contributed by atoms with Gasteiger partial charge < -0.3 is 14.8 Å². The number of hydrogen-bond donors (Lipinski definition) is 1. The summed E-state index contributed by atoms with van der Waals surface area (Å²) in [6.45, 7) is 2.16. The van der Waals surface area contributed by atoms with Crippen molar-refractivity contribution in [3.63, 3.8) is 0 Å². The van der Waals surface area contributed by atoms with E-state index in [0.717, 1.165) is 36.0 Å². The Kier molecular flexibility index (Phi) is 4.65. The molecule has 0 bridgehead atoms. The minimum absolute atomic E-state index is 0.0160. The molecule has 1 saturated carbocycles. The van der Waals surface area contributed by atoms with Gasteiger partial charge in [-0.05, 0) is 31.6 Å². The molecule has 3 fully saturated rings. The first-order valence-electron chi connectivity index (χ1n) is 9.49. The number of urea groups is 1. The van der Waals surface area contributed by atoms with E-state index in [0.29, 0.717) is 19.0 Å². The molecule has 3 heterocycles. The van der Waals surface area contributed by atoms with Crippen LogP contribution in [-0.2, 0) is 16.1 Å². The van der Waals surface area contributed by atoms with E-state index < -0.39 is 6.03 Å². The minimum Gasteiger partial charge on any atom is -0.341 e. The maximum Gasteiger partial charge on any atom is 0.325 e. The number of likely N-dealkylation sites (tertiary alicyclic amines) is 1. The first-order valence-corrected chi connectivity index (χ1v) is 9.49. The average molecular weight is 359 g/mol. The summed E-state index contributed by atoms with van der Waals surface area (Å²) in [6.07, 6.45) is 9.65. The fraction of sp³-hybridized carbons (Fsp3) is 0.667. The van der Waals surface area contributed by atoms with Crippen molar-refractivity contribution >= 4 is 17.8 Å². The van der Waals surface area contributed by atoms with E-state index in [-0.39, 0.29) is 24.9 Å². The molecular formula is C18H25N5O3. The van der Waals surface area contributed by atoms with Crippen molar-refractivity contribution in [3.05, 3.63) is 18.2 Å². The SMILES string of the molecule is O=C(CN1C(=O)CNC1=O)N1CCC(c2nccn2CC2CCC2)CC1. The second-order valence-corrected chi connectivity index (χ2v) is 7.53. The third-order valence-corrected chi connectivity index (χ3v) is 5.87. The van der Waals surface area contributed by atoms with Gasteiger partial charge in [-0.1, -0.05) is 6.42 Å². The number of nitrogens with one attached hydrogen (secondary N) is 1. The topological polar surface area (TPSA) is 87.5 Å². The van der Waals surface area contributed by atoms with Gasteiger partial charge in [0.2, 0.25) is 5.91 Å². The van der Waals surface area contributed by atoms with Crippen molar-refractivity contribution in [1.82, 2.24) is 24.7 Å². The van der Waals surface area contributed by atoms with Crippen molar-refractivity contribution in [2.45, 2.75) is 44.6 Å². The highest BCUT2D eigenvalue weighted by atomic mass is 16.2. The predicted molar refractivity (Wildman–Crippen MR) is 93.2 cm³/mol. The third-order valence-electron chi connectivity index (χ3n) is 5.87. The second-order valence-electron chi connectivity index (χ2n) is 7.53. The summed E-state index contributed by atoms with van der Waals surface area (Å²) in [5.41, 5.74) is 0. The van der Waals surface area contributed by atoms with Gasteiger partial charge >= 0.3 is 6.03 Å². The molecule has 8 nitrogen and oxygen atoms in total. The monoisotopic (exact) mass is 359 g/mol. The lowest BCUT2D eigenvalue weighted by atomic mass is 9.85. The summed E-state index contributed by atoms with van der Waals surface area (Å²) in [4.78, 5) is 43.0. The zero-order valence-corrected chi connectivity index (χ0v) is 14.9. The zero-order chi connectivity index (χ0) is 18.1. The van der Waals surface area contributed by atoms with Crippen LogP contribution in [0.15, 0.2) is 12.4 Å². The van der Waals surface area contributed by atoms with Crippen LogP contribution < -0.4 is 5.32 Å². The molecule has 3 aliphatic rings. The Morgan fingerprint density at radius 3 is 2.58 bits per heavy atom. The fourth-order valence-corrected chi connectivity index (χ4v) is 4.03. The molecular weight excluding hydrogens is 334 g/mol. The van der Waals surface area contributed by atoms with E-state index in [9.17, 15) is 14.4 Å². The Morgan fingerprint density at radius 1 is 1.19 bits per heavy atom. The maximum absolute atomic E-state index is 12.4. The summed E-state index contributed by atoms with van der Waals surface area (Å²) >= 11 is 0. The molecule has 2 aliphatic heterocycles. The van der Waals surface area contributed by atoms with Gasteiger partial charge in [-0.15, -0.1) is 0 Å². The fourth-order valence-electron chi connectivity index (χ4n) is 4.03. The largest absolute Gasteiger partial charge is 0.341 e. The quantitative estimate of drug-likeness (QED) is 0.793. The smallest absolute Gasteiger partial charge is 0.325 e. The van der Waals surface area contributed by atoms with Gasteiger partial charge in [0.05, 0.1) is 6.54 Å². The van der Waals surface area contributed by atoms with E-state index in [1.54, 1.807) is 4.90 Å². The van der Waals surface area contributed by atoms with Gasteiger partial charge in [0, 0.05) is 37.9 Å². The van der Waals surface area contributed by atoms with Crippen molar-refractivity contribution < 1.29 is 14.4 Å². The number of carbonyl (C=O) groups excluding carboxylic acids is 3. The molecule has 1 aromatic rings. The number of amides is 4. The van der Waals surface area contributed by atoms with Gasteiger partial charge in [-0.3, -0.25) is 14.5 Å². The van der Waals surface area contributed by atoms with Gasteiger partial charge in [0.25, 0.3) is 5.91 Å². The molecule has 0 radical (unpaired) electrons. The van der Waals surface area contributed by atoms with E-state index in [1.165, 1.54) is 19.3 Å². The highest BCUT2D eigenvalue weighted by Gasteiger charge is 2.33. The van der Waals surface area contributed by atoms with Crippen LogP contribution in [0.2, 0.25) is 0 Å². The van der Waals surface area contributed by atoms with Crippen LogP contribution in [0.25, 0.3) is 0 Å². The molecule has 0 spiro atoms. The molecule has 0 aromatic carbocycles. The number of hydrogen-bond acceptors (Lipinski definition) is 4. The molecule has 1 aliphatic carbocycles. The molecule has 4 amide bonds. The number of imide groups is 1. The van der Waals surface area contributed by atoms with Crippen LogP contribution in [-0.4, -0.2) is 63.4 Å². The van der Waals surface area contributed by atoms with Crippen molar-refractivity contribution in [1.29, 1.82) is 0 Å². The highest BCUT2D eigenvalue weighted by Crippen LogP contribution is 2.31. The van der Waals surface area contributed by atoms with E-state index in [1.807, 2.05) is 6.20 Å². The molecule has 0 atom stereocenters. The normalized spacial score (nSPS) is 21.8. The summed E-state index contributed by atoms with van der Waals surface area (Å²) in [5, 5.41) is 2.44. The lowest BCUT2D eigenvalue weighted by Crippen LogP contribution is -2.45. The summed E-state index contributed by atoms with van der Waals surface area (Å²) in [6, 6.07) is -0.476. The number of imidazole rings is 1. The van der Waals surface area contributed by atoms with E-state index in [2.05, 4.69) is 21.1 Å². The molecule has 8 heteroatoms. The van der Waals surface area contributed by atoms with E-state index in [4.69, 9.17) is 0 Å². The van der Waals surface area contributed by atoms with Gasteiger partial charge in [0.1, 0.15) is 12.4 Å². The van der Waals surface area contributed by atoms with Crippen molar-refractivity contribution in [3.8, 4) is 0 Å². The second kappa shape index (κ2) is 7.09. The van der Waals surface area contributed by atoms with Crippen LogP contribution in [0.3, 0.4) is 0 Å². The average Bonchev–Trinajstić information content (AvgIpc) is 3.20. The van der Waals surface area contributed by atoms with Crippen LogP contribution in [0.5, 0.6) is 0 Å². The molecule has 2 saturated heterocycles. The van der Waals surface area contributed by atoms with Gasteiger partial charge in [-0.25, -0.2) is 9.78 Å². The molecule has 26 heavy (non-hydrogen) atoms. The first-order chi connectivity index (χ1) is 12.6. The highest BCUT2D eigenvalue weighted by molar-refractivity contribution is 6.04. The zero-order valence-electron chi connectivity index (χ0n) is 14.9. The number of carbonyl (C=O) groups is 3. The lowest BCUT2D eigenvalue weighted by Gasteiger charge is -2.33. The summed E-state index contributed by atoms with van der Waals surface area (Å²) < 4.78 is 2.29. The summed E-state index contributed by atoms with van der Waals surface area (Å²) in [7, 11) is 0. The molecule has 1 aromatic heterocycles. The van der Waals surface area contributed by atoms with Crippen LogP contribution in [0.1, 0.15) is 43.8 Å². The Balaban J connectivity index is 1.31. The van der Waals surface area contributed by atoms with E-state index >= 15 is 0 Å². The molecule has 1 N–H and O–H groups in total. The van der Waals surface area contributed by atoms with Crippen LogP contribution in [0.4, 0.5) is 4.79 Å². The van der Waals surface area contributed by atoms with Gasteiger partial charge in [0.15, 0.2) is 0 Å². The number of aromatic nitrogens is 2. The van der Waals surface area contributed by atoms with Crippen molar-refractivity contribution in [2.24, 2.45) is 5.92 Å². The maximum atomic E-state index is 12.4. The minimum atomic E-state index is -0.476. The Bertz CT molecular complexity index is 687. The Hall–Kier alpha value is -2.38. The number of nitrogens with zero attached hydrogens (tertiary/aromatic N) is 4. The lowest BCUT2D eigenvalue weighted by molar-refractivity contribution is -0.137. The van der Waals surface area contributed by atoms with Crippen LogP contribution in [0, 0.1) is 5.92 Å². The molecule has 0 unspecified atom stereocenters. The van der Waals surface area contributed by atoms with Crippen LogP contribution >= 0.6 is 0 Å². The first kappa shape index (κ1) is 17.1. The standard InChI is InChI=1S/C18H25N5O3/c24-15-10-20-18(26)23(15)12-16(25)21-7-4-14(5-8-21)17-19-6-9-22(17)11-13-2-1-3-13/h6,9,13-14H,1-5,7-8,10-12H2,(H,20,26). The summed E-state index contributed by atoms with van der Waals surface area (Å²) in [5.74, 6) is 1.79. The Labute approximate surface area is 152 Å².